The summed E-state index contributed by atoms with van der Waals surface area (Å²) in [6.07, 6.45) is 9.92. The minimum atomic E-state index is -0.0601. The van der Waals surface area contributed by atoms with Crippen LogP contribution in [0.15, 0.2) is 16.8 Å². The molecule has 0 radical (unpaired) electrons. The normalized spacial score (nSPS) is 16.3. The number of nitrogens with one attached hydrogen (secondary N) is 2. The van der Waals surface area contributed by atoms with E-state index in [-0.39, 0.29) is 11.3 Å². The first-order chi connectivity index (χ1) is 12.4. The molecule has 140 valence electrons. The van der Waals surface area contributed by atoms with Gasteiger partial charge in [0.2, 0.25) is 11.8 Å². The average Bonchev–Trinajstić information content (AvgIpc) is 3.22. The molecule has 26 heavy (non-hydrogen) atoms. The number of hydrogen-bond donors (Lipinski definition) is 2. The van der Waals surface area contributed by atoms with Crippen LogP contribution in [-0.2, 0) is 10.2 Å². The molecule has 0 bridgehead atoms. The Labute approximate surface area is 158 Å². The maximum absolute atomic E-state index is 12.2. The summed E-state index contributed by atoms with van der Waals surface area (Å²) in [5, 5.41) is 6.85. The molecule has 7 heteroatoms. The van der Waals surface area contributed by atoms with E-state index in [2.05, 4.69) is 41.4 Å². The highest BCUT2D eigenvalue weighted by Crippen LogP contribution is 2.25. The van der Waals surface area contributed by atoms with Crippen LogP contribution in [0, 0.1) is 5.92 Å². The van der Waals surface area contributed by atoms with Gasteiger partial charge in [0.05, 0.1) is 6.20 Å². The number of hydrogen-bond acceptors (Lipinski definition) is 6. The monoisotopic (exact) mass is 374 g/mol. The van der Waals surface area contributed by atoms with Gasteiger partial charge in [0, 0.05) is 29.0 Å². The van der Waals surface area contributed by atoms with E-state index < -0.39 is 0 Å². The van der Waals surface area contributed by atoms with E-state index >= 15 is 0 Å². The molecular weight excluding hydrogens is 348 g/mol. The number of oxazole rings is 1. The van der Waals surface area contributed by atoms with Crippen LogP contribution in [0.5, 0.6) is 0 Å². The highest BCUT2D eigenvalue weighted by molar-refractivity contribution is 7.16. The molecule has 1 fully saturated rings. The zero-order valence-corrected chi connectivity index (χ0v) is 16.4. The molecule has 2 aromatic rings. The SMILES string of the molecule is CC(C)(C)c1cnc(C=Cc2cnc(NC(=O)CC3CCNCC3)s2)o1. The van der Waals surface area contributed by atoms with Gasteiger partial charge in [-0.3, -0.25) is 4.79 Å². The Kier molecular flexibility index (Phi) is 5.88. The Balaban J connectivity index is 1.54. The molecule has 1 amide bonds. The van der Waals surface area contributed by atoms with Crippen molar-refractivity contribution in [2.45, 2.75) is 45.4 Å². The van der Waals surface area contributed by atoms with Gasteiger partial charge in [0.1, 0.15) is 5.76 Å². The Morgan fingerprint density at radius 2 is 2.08 bits per heavy atom. The summed E-state index contributed by atoms with van der Waals surface area (Å²) in [5.74, 6) is 1.94. The van der Waals surface area contributed by atoms with Gasteiger partial charge >= 0.3 is 0 Å². The first-order valence-corrected chi connectivity index (χ1v) is 9.82. The number of anilines is 1. The topological polar surface area (TPSA) is 80.0 Å². The van der Waals surface area contributed by atoms with Gasteiger partial charge in [-0.05, 0) is 37.9 Å². The second-order valence-electron chi connectivity index (χ2n) is 7.66. The molecule has 0 atom stereocenters. The molecular formula is C19H26N4O2S. The van der Waals surface area contributed by atoms with Crippen LogP contribution in [0.1, 0.15) is 56.6 Å². The summed E-state index contributed by atoms with van der Waals surface area (Å²) in [7, 11) is 0. The number of amides is 1. The predicted octanol–water partition coefficient (Wildman–Crippen LogP) is 3.93. The molecule has 0 saturated carbocycles. The van der Waals surface area contributed by atoms with Crippen LogP contribution in [0.25, 0.3) is 12.2 Å². The molecule has 0 aromatic carbocycles. The lowest BCUT2D eigenvalue weighted by Gasteiger charge is -2.21. The maximum atomic E-state index is 12.2. The van der Waals surface area contributed by atoms with Crippen LogP contribution in [0.3, 0.4) is 0 Å². The summed E-state index contributed by atoms with van der Waals surface area (Å²) < 4.78 is 5.74. The second kappa shape index (κ2) is 8.14. The fourth-order valence-electron chi connectivity index (χ4n) is 2.80. The maximum Gasteiger partial charge on any atom is 0.226 e. The largest absolute Gasteiger partial charge is 0.441 e. The van der Waals surface area contributed by atoms with Crippen molar-refractivity contribution in [1.29, 1.82) is 0 Å². The molecule has 1 aliphatic rings. The number of carbonyl (C=O) groups excluding carboxylic acids is 1. The highest BCUT2D eigenvalue weighted by atomic mass is 32.1. The van der Waals surface area contributed by atoms with E-state index in [1.807, 2.05) is 12.2 Å². The van der Waals surface area contributed by atoms with E-state index in [0.29, 0.717) is 23.4 Å². The lowest BCUT2D eigenvalue weighted by molar-refractivity contribution is -0.117. The van der Waals surface area contributed by atoms with Crippen LogP contribution in [-0.4, -0.2) is 29.0 Å². The van der Waals surface area contributed by atoms with E-state index in [4.69, 9.17) is 4.42 Å². The zero-order valence-electron chi connectivity index (χ0n) is 15.5. The zero-order chi connectivity index (χ0) is 18.6. The van der Waals surface area contributed by atoms with Crippen molar-refractivity contribution in [2.75, 3.05) is 18.4 Å². The van der Waals surface area contributed by atoms with Crippen molar-refractivity contribution in [1.82, 2.24) is 15.3 Å². The first-order valence-electron chi connectivity index (χ1n) is 9.01. The smallest absolute Gasteiger partial charge is 0.226 e. The van der Waals surface area contributed by atoms with Gasteiger partial charge in [0.15, 0.2) is 5.13 Å². The van der Waals surface area contributed by atoms with Crippen molar-refractivity contribution in [2.24, 2.45) is 5.92 Å². The number of rotatable bonds is 5. The number of carbonyl (C=O) groups is 1. The van der Waals surface area contributed by atoms with Crippen LogP contribution in [0.4, 0.5) is 5.13 Å². The van der Waals surface area contributed by atoms with Gasteiger partial charge in [-0.25, -0.2) is 9.97 Å². The Hall–Kier alpha value is -1.99. The van der Waals surface area contributed by atoms with E-state index in [1.54, 1.807) is 12.4 Å². The molecule has 0 aliphatic carbocycles. The van der Waals surface area contributed by atoms with Gasteiger partial charge < -0.3 is 15.1 Å². The molecule has 3 rings (SSSR count). The fraction of sp³-hybridized carbons (Fsp3) is 0.526. The molecule has 2 aromatic heterocycles. The minimum Gasteiger partial charge on any atom is -0.441 e. The lowest BCUT2D eigenvalue weighted by Crippen LogP contribution is -2.30. The molecule has 6 nitrogen and oxygen atoms in total. The molecule has 2 N–H and O–H groups in total. The minimum absolute atomic E-state index is 0.0456. The summed E-state index contributed by atoms with van der Waals surface area (Å²) in [5.41, 5.74) is -0.0601. The van der Waals surface area contributed by atoms with E-state index in [9.17, 15) is 4.79 Å². The van der Waals surface area contributed by atoms with E-state index in [1.165, 1.54) is 11.3 Å². The first kappa shape index (κ1) is 18.8. The Morgan fingerprint density at radius 3 is 2.77 bits per heavy atom. The molecule has 1 saturated heterocycles. The second-order valence-corrected chi connectivity index (χ2v) is 8.72. The van der Waals surface area contributed by atoms with Gasteiger partial charge in [0.25, 0.3) is 0 Å². The average molecular weight is 375 g/mol. The summed E-state index contributed by atoms with van der Waals surface area (Å²) in [4.78, 5) is 21.7. The quantitative estimate of drug-likeness (QED) is 0.829. The number of piperidine rings is 1. The third-order valence-corrected chi connectivity index (χ3v) is 5.23. The van der Waals surface area contributed by atoms with Crippen LogP contribution in [0.2, 0.25) is 0 Å². The fourth-order valence-corrected chi connectivity index (χ4v) is 3.54. The number of nitrogens with zero attached hydrogens (tertiary/aromatic N) is 2. The van der Waals surface area contributed by atoms with Gasteiger partial charge in [-0.1, -0.05) is 32.1 Å². The standard InChI is InChI=1S/C19H26N4O2S/c1-19(2,3)15-12-21-17(25-15)5-4-14-11-22-18(26-14)23-16(24)10-13-6-8-20-9-7-13/h4-5,11-13,20H,6-10H2,1-3H3,(H,22,23,24). The molecule has 0 spiro atoms. The van der Waals surface area contributed by atoms with Crippen molar-refractivity contribution < 1.29 is 9.21 Å². The number of aromatic nitrogens is 2. The summed E-state index contributed by atoms with van der Waals surface area (Å²) >= 11 is 1.44. The molecule has 1 aliphatic heterocycles. The summed E-state index contributed by atoms with van der Waals surface area (Å²) in [6.45, 7) is 8.26. The van der Waals surface area contributed by atoms with Gasteiger partial charge in [-0.2, -0.15) is 0 Å². The Bertz CT molecular complexity index is 767. The van der Waals surface area contributed by atoms with Crippen molar-refractivity contribution in [3.05, 3.63) is 28.9 Å². The van der Waals surface area contributed by atoms with Crippen molar-refractivity contribution >= 4 is 34.5 Å². The van der Waals surface area contributed by atoms with Gasteiger partial charge in [-0.15, -0.1) is 0 Å². The van der Waals surface area contributed by atoms with E-state index in [0.717, 1.165) is 36.6 Å². The van der Waals surface area contributed by atoms with Crippen molar-refractivity contribution in [3.8, 4) is 0 Å². The highest BCUT2D eigenvalue weighted by Gasteiger charge is 2.19. The number of thiazole rings is 1. The van der Waals surface area contributed by atoms with Crippen LogP contribution >= 0.6 is 11.3 Å². The van der Waals surface area contributed by atoms with Crippen LogP contribution < -0.4 is 10.6 Å². The third kappa shape index (κ3) is 5.25. The summed E-state index contributed by atoms with van der Waals surface area (Å²) in [6, 6.07) is 0. The Morgan fingerprint density at radius 1 is 1.31 bits per heavy atom. The molecule has 3 heterocycles. The predicted molar refractivity (Wildman–Crippen MR) is 105 cm³/mol. The molecule has 0 unspecified atom stereocenters. The third-order valence-electron chi connectivity index (χ3n) is 4.36. The lowest BCUT2D eigenvalue weighted by atomic mass is 9.94. The van der Waals surface area contributed by atoms with Crippen molar-refractivity contribution in [3.63, 3.8) is 0 Å².